The Bertz CT molecular complexity index is 330. The molecule has 1 aromatic carbocycles. The van der Waals surface area contributed by atoms with Crippen LogP contribution in [0.1, 0.15) is 0 Å². The van der Waals surface area contributed by atoms with Crippen LogP contribution >= 0.6 is 57.0 Å². The second-order valence-corrected chi connectivity index (χ2v) is 11.2. The van der Waals surface area contributed by atoms with Crippen molar-refractivity contribution in [2.75, 3.05) is 0 Å². The van der Waals surface area contributed by atoms with Crippen LogP contribution in [0.5, 0.6) is 0 Å². The third-order valence-corrected chi connectivity index (χ3v) is 5.54. The van der Waals surface area contributed by atoms with Gasteiger partial charge in [0.1, 0.15) is 0 Å². The third-order valence-electron chi connectivity index (χ3n) is 1.51. The van der Waals surface area contributed by atoms with E-state index in [0.717, 1.165) is 0 Å². The van der Waals surface area contributed by atoms with Gasteiger partial charge in [0.25, 0.3) is 6.69 Å². The van der Waals surface area contributed by atoms with E-state index in [-0.39, 0.29) is 0 Å². The molecule has 0 aliphatic rings. The summed E-state index contributed by atoms with van der Waals surface area (Å²) in [5.41, 5.74) is 0. The average Bonchev–Trinajstić information content (AvgIpc) is 1.98. The van der Waals surface area contributed by atoms with Crippen LogP contribution in [0.15, 0.2) is 12.1 Å². The summed E-state index contributed by atoms with van der Waals surface area (Å²) in [5, 5.41) is 1.75. The molecule has 0 atom stereocenters. The van der Waals surface area contributed by atoms with Gasteiger partial charge in [-0.3, -0.25) is 0 Å². The van der Waals surface area contributed by atoms with Crippen LogP contribution in [0.2, 0.25) is 21.6 Å². The SMILES string of the molecule is C[Si](Cl)(Cl)c1ccc(Cl)c(Cl)c1Cl. The first kappa shape index (κ1) is 12.0. The third kappa shape index (κ3) is 2.68. The van der Waals surface area contributed by atoms with Gasteiger partial charge >= 0.3 is 0 Å². The Labute approximate surface area is 102 Å². The summed E-state index contributed by atoms with van der Waals surface area (Å²) in [6.07, 6.45) is 0. The van der Waals surface area contributed by atoms with Crippen LogP contribution in [0, 0.1) is 0 Å². The maximum atomic E-state index is 6.01. The lowest BCUT2D eigenvalue weighted by atomic mass is 10.3. The Morgan fingerprint density at radius 2 is 1.54 bits per heavy atom. The zero-order valence-corrected chi connectivity index (χ0v) is 11.3. The topological polar surface area (TPSA) is 0 Å². The molecule has 0 bridgehead atoms. The molecule has 1 aromatic rings. The summed E-state index contributed by atoms with van der Waals surface area (Å²) < 4.78 is 0. The van der Waals surface area contributed by atoms with E-state index in [1.807, 2.05) is 0 Å². The minimum atomic E-state index is -2.46. The van der Waals surface area contributed by atoms with Crippen LogP contribution < -0.4 is 5.19 Å². The minimum absolute atomic E-state index is 0.306. The van der Waals surface area contributed by atoms with Crippen molar-refractivity contribution in [3.05, 3.63) is 27.2 Å². The monoisotopic (exact) mass is 292 g/mol. The molecule has 0 nitrogen and oxygen atoms in total. The molecule has 0 heterocycles. The molecule has 0 saturated heterocycles. The predicted octanol–water partition coefficient (Wildman–Crippen LogP) is 4.40. The lowest BCUT2D eigenvalue weighted by molar-refractivity contribution is 1.74. The van der Waals surface area contributed by atoms with Gasteiger partial charge in [-0.15, -0.1) is 22.2 Å². The van der Waals surface area contributed by atoms with Gasteiger partial charge in [0.2, 0.25) is 0 Å². The van der Waals surface area contributed by atoms with E-state index in [4.69, 9.17) is 57.0 Å². The Kier molecular flexibility index (Phi) is 3.84. The average molecular weight is 294 g/mol. The predicted molar refractivity (Wildman–Crippen MR) is 64.4 cm³/mol. The molecule has 0 fully saturated rings. The van der Waals surface area contributed by atoms with E-state index in [2.05, 4.69) is 0 Å². The highest BCUT2D eigenvalue weighted by Crippen LogP contribution is 2.31. The minimum Gasteiger partial charge on any atom is -0.140 e. The molecule has 6 heteroatoms. The lowest BCUT2D eigenvalue weighted by Crippen LogP contribution is -2.33. The van der Waals surface area contributed by atoms with E-state index in [0.29, 0.717) is 20.3 Å². The van der Waals surface area contributed by atoms with Crippen molar-refractivity contribution in [1.82, 2.24) is 0 Å². The quantitative estimate of drug-likeness (QED) is 0.409. The fourth-order valence-corrected chi connectivity index (χ4v) is 4.17. The van der Waals surface area contributed by atoms with Crippen molar-refractivity contribution in [3.63, 3.8) is 0 Å². The molecular formula is C7H5Cl5Si. The Morgan fingerprint density at radius 3 is 2.00 bits per heavy atom. The van der Waals surface area contributed by atoms with Gasteiger partial charge in [-0.05, 0) is 17.8 Å². The van der Waals surface area contributed by atoms with E-state index < -0.39 is 6.69 Å². The number of hydrogen-bond acceptors (Lipinski definition) is 0. The summed E-state index contributed by atoms with van der Waals surface area (Å²) in [7, 11) is 0. The smallest absolute Gasteiger partial charge is 0.140 e. The molecule has 0 radical (unpaired) electrons. The molecule has 0 N–H and O–H groups in total. The Hall–Kier alpha value is 0.887. The van der Waals surface area contributed by atoms with Crippen LogP contribution in [-0.4, -0.2) is 6.69 Å². The van der Waals surface area contributed by atoms with Gasteiger partial charge in [0.15, 0.2) is 0 Å². The first-order valence-corrected chi connectivity index (χ1v) is 9.01. The van der Waals surface area contributed by atoms with Gasteiger partial charge in [0.05, 0.1) is 15.1 Å². The van der Waals surface area contributed by atoms with E-state index in [1.165, 1.54) is 0 Å². The molecule has 0 spiro atoms. The summed E-state index contributed by atoms with van der Waals surface area (Å²) in [5.74, 6) is 0. The lowest BCUT2D eigenvalue weighted by Gasteiger charge is -2.13. The normalized spacial score (nSPS) is 11.8. The number of benzene rings is 1. The molecule has 0 aliphatic carbocycles. The molecule has 0 unspecified atom stereocenters. The van der Waals surface area contributed by atoms with Gasteiger partial charge in [0, 0.05) is 0 Å². The number of hydrogen-bond donors (Lipinski definition) is 0. The molecule has 72 valence electrons. The first-order chi connectivity index (χ1) is 5.84. The van der Waals surface area contributed by atoms with Gasteiger partial charge in [-0.25, -0.2) is 0 Å². The molecule has 0 saturated carbocycles. The first-order valence-electron chi connectivity index (χ1n) is 3.36. The number of rotatable bonds is 1. The highest BCUT2D eigenvalue weighted by molar-refractivity contribution is 7.50. The second kappa shape index (κ2) is 4.17. The second-order valence-electron chi connectivity index (χ2n) is 2.61. The highest BCUT2D eigenvalue weighted by atomic mass is 35.7. The summed E-state index contributed by atoms with van der Waals surface area (Å²) in [6, 6.07) is 3.35. The van der Waals surface area contributed by atoms with Gasteiger partial charge < -0.3 is 0 Å². The molecule has 13 heavy (non-hydrogen) atoms. The van der Waals surface area contributed by atoms with Crippen LogP contribution in [-0.2, 0) is 0 Å². The van der Waals surface area contributed by atoms with E-state index in [1.54, 1.807) is 18.7 Å². The van der Waals surface area contributed by atoms with E-state index >= 15 is 0 Å². The maximum Gasteiger partial charge on any atom is 0.279 e. The fraction of sp³-hybridized carbons (Fsp3) is 0.143. The fourth-order valence-electron chi connectivity index (χ4n) is 0.865. The summed E-state index contributed by atoms with van der Waals surface area (Å²) in [4.78, 5) is 0. The maximum absolute atomic E-state index is 6.01. The van der Waals surface area contributed by atoms with Crippen LogP contribution in [0.3, 0.4) is 0 Å². The van der Waals surface area contributed by atoms with Crippen LogP contribution in [0.25, 0.3) is 0 Å². The molecule has 0 aromatic heterocycles. The summed E-state index contributed by atoms with van der Waals surface area (Å²) >= 11 is 29.5. The molecular weight excluding hydrogens is 289 g/mol. The van der Waals surface area contributed by atoms with Crippen molar-refractivity contribution >= 4 is 68.8 Å². The van der Waals surface area contributed by atoms with Crippen molar-refractivity contribution in [2.24, 2.45) is 0 Å². The molecule has 1 rings (SSSR count). The Morgan fingerprint density at radius 1 is 1.00 bits per heavy atom. The zero-order chi connectivity index (χ0) is 10.2. The standard InChI is InChI=1S/C7H5Cl5Si/c1-13(11,12)5-3-2-4(8)6(9)7(5)10/h2-3H,1H3. The molecule has 0 aliphatic heterocycles. The van der Waals surface area contributed by atoms with Crippen molar-refractivity contribution in [3.8, 4) is 0 Å². The van der Waals surface area contributed by atoms with Gasteiger partial charge in [-0.1, -0.05) is 40.9 Å². The van der Waals surface area contributed by atoms with Gasteiger partial charge in [-0.2, -0.15) is 0 Å². The van der Waals surface area contributed by atoms with E-state index in [9.17, 15) is 0 Å². The summed E-state index contributed by atoms with van der Waals surface area (Å²) in [6.45, 7) is -0.711. The molecule has 0 amide bonds. The Balaban J connectivity index is 3.35. The van der Waals surface area contributed by atoms with Crippen molar-refractivity contribution < 1.29 is 0 Å². The largest absolute Gasteiger partial charge is 0.279 e. The highest BCUT2D eigenvalue weighted by Gasteiger charge is 2.28. The number of halogens is 5. The zero-order valence-electron chi connectivity index (χ0n) is 6.54. The van der Waals surface area contributed by atoms with Crippen molar-refractivity contribution in [2.45, 2.75) is 6.55 Å². The van der Waals surface area contributed by atoms with Crippen LogP contribution in [0.4, 0.5) is 0 Å². The van der Waals surface area contributed by atoms with Crippen molar-refractivity contribution in [1.29, 1.82) is 0 Å².